The van der Waals surface area contributed by atoms with Crippen LogP contribution in [0.1, 0.15) is 15.9 Å². The highest BCUT2D eigenvalue weighted by Gasteiger charge is 2.12. The third kappa shape index (κ3) is 4.22. The molecule has 4 N–H and O–H groups in total. The Labute approximate surface area is 127 Å². The van der Waals surface area contributed by atoms with Gasteiger partial charge in [-0.2, -0.15) is 0 Å². The van der Waals surface area contributed by atoms with Crippen LogP contribution < -0.4 is 16.4 Å². The number of nitrogens with one attached hydrogen (secondary N) is 2. The van der Waals surface area contributed by atoms with Crippen LogP contribution in [-0.4, -0.2) is 11.9 Å². The first-order chi connectivity index (χ1) is 10.1. The predicted molar refractivity (Wildman–Crippen MR) is 82.0 cm³/mol. The second kappa shape index (κ2) is 6.76. The molecule has 0 heterocycles. The van der Waals surface area contributed by atoms with E-state index >= 15 is 0 Å². The maximum atomic E-state index is 11.9. The van der Waals surface area contributed by atoms with Gasteiger partial charge in [0.05, 0.1) is 5.56 Å². The van der Waals surface area contributed by atoms with Crippen molar-refractivity contribution in [3.05, 3.63) is 64.7 Å². The summed E-state index contributed by atoms with van der Waals surface area (Å²) in [7, 11) is 0. The van der Waals surface area contributed by atoms with Crippen molar-refractivity contribution >= 4 is 29.2 Å². The van der Waals surface area contributed by atoms with Crippen molar-refractivity contribution in [2.45, 2.75) is 6.54 Å². The summed E-state index contributed by atoms with van der Waals surface area (Å²) in [5.74, 6) is -0.545. The Hall–Kier alpha value is -2.53. The lowest BCUT2D eigenvalue weighted by atomic mass is 10.2. The van der Waals surface area contributed by atoms with Crippen molar-refractivity contribution in [3.8, 4) is 0 Å². The van der Waals surface area contributed by atoms with Gasteiger partial charge in [-0.05, 0) is 29.8 Å². The molecule has 0 fully saturated rings. The molecule has 0 saturated heterocycles. The molecule has 2 aromatic rings. The fourth-order valence-corrected chi connectivity index (χ4v) is 1.96. The first-order valence-electron chi connectivity index (χ1n) is 6.24. The van der Waals surface area contributed by atoms with Crippen molar-refractivity contribution in [2.75, 3.05) is 5.73 Å². The van der Waals surface area contributed by atoms with E-state index in [0.29, 0.717) is 10.7 Å². The molecule has 21 heavy (non-hydrogen) atoms. The first-order valence-corrected chi connectivity index (χ1v) is 6.62. The zero-order valence-corrected chi connectivity index (χ0v) is 11.9. The van der Waals surface area contributed by atoms with Gasteiger partial charge in [0.25, 0.3) is 5.91 Å². The van der Waals surface area contributed by atoms with Crippen molar-refractivity contribution in [3.63, 3.8) is 0 Å². The van der Waals surface area contributed by atoms with Crippen LogP contribution >= 0.6 is 11.6 Å². The molecule has 2 rings (SSSR count). The Morgan fingerprint density at radius 1 is 1.10 bits per heavy atom. The Morgan fingerprint density at radius 3 is 2.57 bits per heavy atom. The lowest BCUT2D eigenvalue weighted by molar-refractivity contribution is 0.0965. The molecule has 0 unspecified atom stereocenters. The number of anilines is 1. The van der Waals surface area contributed by atoms with Crippen LogP contribution in [0.4, 0.5) is 10.5 Å². The summed E-state index contributed by atoms with van der Waals surface area (Å²) in [4.78, 5) is 23.5. The second-order valence-corrected chi connectivity index (χ2v) is 4.79. The molecule has 0 bridgehead atoms. The number of nitrogen functional groups attached to an aromatic ring is 1. The topological polar surface area (TPSA) is 84.2 Å². The minimum absolute atomic E-state index is 0.260. The summed E-state index contributed by atoms with van der Waals surface area (Å²) in [6, 6.07) is 13.0. The smallest absolute Gasteiger partial charge is 0.321 e. The third-order valence-corrected chi connectivity index (χ3v) is 3.01. The third-order valence-electron chi connectivity index (χ3n) is 2.77. The number of carbonyl (C=O) groups is 2. The summed E-state index contributed by atoms with van der Waals surface area (Å²) in [6.45, 7) is 0.268. The number of rotatable bonds is 3. The summed E-state index contributed by atoms with van der Waals surface area (Å²) in [6.07, 6.45) is 0. The minimum atomic E-state index is -0.594. The quantitative estimate of drug-likeness (QED) is 0.762. The molecule has 0 aliphatic rings. The SMILES string of the molecule is Nc1ccccc1C(=O)NC(=O)NCc1cccc(Cl)c1. The van der Waals surface area contributed by atoms with Gasteiger partial charge in [-0.15, -0.1) is 0 Å². The molecule has 0 aliphatic heterocycles. The van der Waals surface area contributed by atoms with Gasteiger partial charge >= 0.3 is 6.03 Å². The predicted octanol–water partition coefficient (Wildman–Crippen LogP) is 2.56. The molecular weight excluding hydrogens is 290 g/mol. The highest BCUT2D eigenvalue weighted by atomic mass is 35.5. The zero-order valence-electron chi connectivity index (χ0n) is 11.1. The van der Waals surface area contributed by atoms with Crippen LogP contribution in [0.5, 0.6) is 0 Å². The number of hydrogen-bond acceptors (Lipinski definition) is 3. The maximum Gasteiger partial charge on any atom is 0.321 e. The van der Waals surface area contributed by atoms with E-state index in [4.69, 9.17) is 17.3 Å². The molecule has 0 aromatic heterocycles. The lowest BCUT2D eigenvalue weighted by Crippen LogP contribution is -2.39. The number of hydrogen-bond donors (Lipinski definition) is 3. The number of nitrogens with two attached hydrogens (primary N) is 1. The van der Waals surface area contributed by atoms with Gasteiger partial charge in [0.1, 0.15) is 0 Å². The summed E-state index contributed by atoms with van der Waals surface area (Å²) in [5.41, 5.74) is 7.09. The van der Waals surface area contributed by atoms with Crippen molar-refractivity contribution in [1.29, 1.82) is 0 Å². The van der Waals surface area contributed by atoms with Gasteiger partial charge in [0.15, 0.2) is 0 Å². The van der Waals surface area contributed by atoms with Crippen LogP contribution in [0.25, 0.3) is 0 Å². The number of imide groups is 1. The molecule has 108 valence electrons. The first kappa shape index (κ1) is 14.9. The molecule has 0 radical (unpaired) electrons. The zero-order chi connectivity index (χ0) is 15.2. The molecule has 6 heteroatoms. The summed E-state index contributed by atoms with van der Waals surface area (Å²) >= 11 is 5.85. The van der Waals surface area contributed by atoms with Crippen molar-refractivity contribution in [1.82, 2.24) is 10.6 Å². The Balaban J connectivity index is 1.90. The fourth-order valence-electron chi connectivity index (χ4n) is 1.75. The average Bonchev–Trinajstić information content (AvgIpc) is 2.45. The van der Waals surface area contributed by atoms with Crippen LogP contribution in [-0.2, 0) is 6.54 Å². The van der Waals surface area contributed by atoms with Crippen LogP contribution in [0.15, 0.2) is 48.5 Å². The highest BCUT2D eigenvalue weighted by Crippen LogP contribution is 2.11. The van der Waals surface area contributed by atoms with Gasteiger partial charge in [0, 0.05) is 17.3 Å². The largest absolute Gasteiger partial charge is 0.398 e. The van der Waals surface area contributed by atoms with Crippen LogP contribution in [0.3, 0.4) is 0 Å². The van der Waals surface area contributed by atoms with Gasteiger partial charge in [-0.25, -0.2) is 4.79 Å². The number of halogens is 1. The van der Waals surface area contributed by atoms with Crippen molar-refractivity contribution < 1.29 is 9.59 Å². The van der Waals surface area contributed by atoms with Gasteiger partial charge in [-0.1, -0.05) is 35.9 Å². The number of urea groups is 1. The normalized spacial score (nSPS) is 9.95. The highest BCUT2D eigenvalue weighted by molar-refractivity contribution is 6.30. The van der Waals surface area contributed by atoms with Gasteiger partial charge < -0.3 is 11.1 Å². The summed E-state index contributed by atoms with van der Waals surface area (Å²) < 4.78 is 0. The lowest BCUT2D eigenvalue weighted by Gasteiger charge is -2.08. The number of benzene rings is 2. The van der Waals surface area contributed by atoms with Crippen LogP contribution in [0.2, 0.25) is 5.02 Å². The van der Waals surface area contributed by atoms with E-state index in [-0.39, 0.29) is 12.1 Å². The van der Waals surface area contributed by atoms with E-state index in [1.54, 1.807) is 42.5 Å². The molecule has 5 nitrogen and oxygen atoms in total. The Kier molecular flexibility index (Phi) is 4.79. The number of para-hydroxylation sites is 1. The van der Waals surface area contributed by atoms with Crippen molar-refractivity contribution in [2.24, 2.45) is 0 Å². The Morgan fingerprint density at radius 2 is 1.86 bits per heavy atom. The maximum absolute atomic E-state index is 11.9. The monoisotopic (exact) mass is 303 g/mol. The van der Waals surface area contributed by atoms with E-state index in [2.05, 4.69) is 10.6 Å². The van der Waals surface area contributed by atoms with E-state index < -0.39 is 11.9 Å². The van der Waals surface area contributed by atoms with Gasteiger partial charge in [-0.3, -0.25) is 10.1 Å². The number of carbonyl (C=O) groups excluding carboxylic acids is 2. The van der Waals surface area contributed by atoms with E-state index in [9.17, 15) is 9.59 Å². The molecular formula is C15H14ClN3O2. The molecule has 3 amide bonds. The average molecular weight is 304 g/mol. The molecule has 0 saturated carbocycles. The molecule has 0 spiro atoms. The van der Waals surface area contributed by atoms with E-state index in [1.807, 2.05) is 6.07 Å². The fraction of sp³-hybridized carbons (Fsp3) is 0.0667. The number of amides is 3. The Bertz CT molecular complexity index is 673. The summed E-state index contributed by atoms with van der Waals surface area (Å²) in [5, 5.41) is 5.38. The van der Waals surface area contributed by atoms with E-state index in [1.165, 1.54) is 0 Å². The van der Waals surface area contributed by atoms with Gasteiger partial charge in [0.2, 0.25) is 0 Å². The van der Waals surface area contributed by atoms with Crippen LogP contribution in [0, 0.1) is 0 Å². The second-order valence-electron chi connectivity index (χ2n) is 4.35. The standard InChI is InChI=1S/C15H14ClN3O2/c16-11-5-3-4-10(8-11)9-18-15(21)19-14(20)12-6-1-2-7-13(12)17/h1-8H,9,17H2,(H2,18,19,20,21). The van der Waals surface area contributed by atoms with E-state index in [0.717, 1.165) is 5.56 Å². The molecule has 2 aromatic carbocycles. The minimum Gasteiger partial charge on any atom is -0.398 e. The molecule has 0 atom stereocenters. The molecule has 0 aliphatic carbocycles.